The van der Waals surface area contributed by atoms with Gasteiger partial charge in [-0.25, -0.2) is 0 Å². The van der Waals surface area contributed by atoms with Crippen LogP contribution in [0.4, 0.5) is 17.2 Å². The fraction of sp³-hybridized carbons (Fsp3) is 0.310. The molecule has 6 heteroatoms. The summed E-state index contributed by atoms with van der Waals surface area (Å²) in [5.74, 6) is 0.574. The van der Waals surface area contributed by atoms with E-state index in [1.54, 1.807) is 0 Å². The van der Waals surface area contributed by atoms with Crippen LogP contribution in [-0.2, 0) is 11.8 Å². The molecule has 0 amide bonds. The first-order valence-electron chi connectivity index (χ1n) is 12.1. The molecule has 1 fully saturated rings. The van der Waals surface area contributed by atoms with Crippen molar-refractivity contribution in [3.8, 4) is 0 Å². The maximum absolute atomic E-state index is 12.9. The second kappa shape index (κ2) is 8.77. The van der Waals surface area contributed by atoms with Crippen molar-refractivity contribution in [1.29, 1.82) is 0 Å². The molecule has 3 aromatic rings. The Morgan fingerprint density at radius 1 is 1.06 bits per heavy atom. The first-order valence-corrected chi connectivity index (χ1v) is 12.1. The molecule has 0 radical (unpaired) electrons. The van der Waals surface area contributed by atoms with Gasteiger partial charge in [0.1, 0.15) is 0 Å². The third kappa shape index (κ3) is 4.14. The molecule has 2 aliphatic rings. The normalized spacial score (nSPS) is 15.9. The van der Waals surface area contributed by atoms with E-state index in [9.17, 15) is 4.79 Å². The first-order chi connectivity index (χ1) is 16.8. The summed E-state index contributed by atoms with van der Waals surface area (Å²) < 4.78 is 1.54. The van der Waals surface area contributed by atoms with Crippen molar-refractivity contribution < 1.29 is 4.79 Å². The van der Waals surface area contributed by atoms with Gasteiger partial charge in [0.2, 0.25) is 0 Å². The summed E-state index contributed by atoms with van der Waals surface area (Å²) in [6.07, 6.45) is 8.67. The van der Waals surface area contributed by atoms with Crippen LogP contribution in [0.3, 0.4) is 0 Å². The molecule has 2 aromatic carbocycles. The summed E-state index contributed by atoms with van der Waals surface area (Å²) >= 11 is 0. The maximum atomic E-state index is 12.9. The number of nitrogens with zero attached hydrogens (tertiary/aromatic N) is 4. The predicted octanol–water partition coefficient (Wildman–Crippen LogP) is 4.97. The zero-order valence-corrected chi connectivity index (χ0v) is 21.0. The smallest absolute Gasteiger partial charge is 0.270 e. The molecule has 0 saturated heterocycles. The third-order valence-electron chi connectivity index (χ3n) is 7.06. The van der Waals surface area contributed by atoms with Gasteiger partial charge in [0.25, 0.3) is 5.91 Å². The van der Waals surface area contributed by atoms with Gasteiger partial charge in [-0.3, -0.25) is 4.79 Å². The molecule has 0 atom stereocenters. The van der Waals surface area contributed by atoms with Gasteiger partial charge in [0.05, 0.1) is 5.69 Å². The van der Waals surface area contributed by atoms with Crippen molar-refractivity contribution in [2.45, 2.75) is 30.7 Å². The minimum absolute atomic E-state index is 0.210. The van der Waals surface area contributed by atoms with Crippen molar-refractivity contribution in [1.82, 2.24) is 9.78 Å². The zero-order chi connectivity index (χ0) is 24.7. The number of anilines is 3. The van der Waals surface area contributed by atoms with Crippen LogP contribution in [0.15, 0.2) is 67.3 Å². The number of rotatable bonds is 7. The number of hydrogen-bond donors (Lipinski definition) is 1. The van der Waals surface area contributed by atoms with Gasteiger partial charge in [-0.1, -0.05) is 43.0 Å². The summed E-state index contributed by atoms with van der Waals surface area (Å²) in [5, 5.41) is 8.22. The summed E-state index contributed by atoms with van der Waals surface area (Å²) in [6.45, 7) is 3.72. The van der Waals surface area contributed by atoms with Crippen molar-refractivity contribution in [2.24, 2.45) is 0 Å². The van der Waals surface area contributed by atoms with E-state index in [0.29, 0.717) is 12.5 Å². The second-order valence-electron chi connectivity index (χ2n) is 9.95. The number of hydrogen-bond acceptors (Lipinski definition) is 5. The Morgan fingerprint density at radius 2 is 1.66 bits per heavy atom. The molecule has 0 aliphatic heterocycles. The van der Waals surface area contributed by atoms with E-state index >= 15 is 0 Å². The Kier molecular flexibility index (Phi) is 5.75. The van der Waals surface area contributed by atoms with Gasteiger partial charge >= 0.3 is 0 Å². The number of benzene rings is 2. The molecule has 180 valence electrons. The lowest BCUT2D eigenvalue weighted by Gasteiger charge is -2.36. The molecule has 0 bridgehead atoms. The van der Waals surface area contributed by atoms with Gasteiger partial charge in [0, 0.05) is 63.0 Å². The van der Waals surface area contributed by atoms with E-state index in [1.165, 1.54) is 21.9 Å². The SMILES string of the molecule is C=CC(=O)n1nc(NC2CC2)c2c1CC(c1cccc(N(C)C)c1)(c1cccc(N(C)C)c1)C=C2. The summed E-state index contributed by atoms with van der Waals surface area (Å²) in [6, 6.07) is 17.8. The van der Waals surface area contributed by atoms with Gasteiger partial charge < -0.3 is 15.1 Å². The molecule has 5 rings (SSSR count). The fourth-order valence-electron chi connectivity index (χ4n) is 4.84. The number of aromatic nitrogens is 2. The number of fused-ring (bicyclic) bond motifs is 1. The molecule has 0 unspecified atom stereocenters. The van der Waals surface area contributed by atoms with E-state index < -0.39 is 5.41 Å². The average molecular weight is 468 g/mol. The molecule has 1 saturated carbocycles. The molecule has 1 heterocycles. The van der Waals surface area contributed by atoms with E-state index in [2.05, 4.69) is 111 Å². The molecule has 6 nitrogen and oxygen atoms in total. The van der Waals surface area contributed by atoms with Crippen LogP contribution in [0.1, 0.15) is 40.0 Å². The molecule has 1 N–H and O–H groups in total. The molecule has 0 spiro atoms. The predicted molar refractivity (Wildman–Crippen MR) is 145 cm³/mol. The minimum atomic E-state index is -0.457. The molecule has 35 heavy (non-hydrogen) atoms. The summed E-state index contributed by atoms with van der Waals surface area (Å²) in [4.78, 5) is 17.1. The summed E-state index contributed by atoms with van der Waals surface area (Å²) in [5.41, 5.74) is 6.07. The standard InChI is InChI=1S/C29H33N5O/c1-6-27(35)34-26-19-29(20-9-7-11-23(17-20)32(2)3,21-10-8-12-24(18-21)33(4)5)16-15-25(26)28(31-34)30-22-13-14-22/h6-12,15-18,22H,1,13-14,19H2,2-5H3,(H,30,31). The minimum Gasteiger partial charge on any atom is -0.378 e. The Bertz CT molecular complexity index is 1260. The van der Waals surface area contributed by atoms with Crippen LogP contribution < -0.4 is 15.1 Å². The number of carbonyl (C=O) groups is 1. The Balaban J connectivity index is 1.72. The highest BCUT2D eigenvalue weighted by Gasteiger charge is 2.39. The molecular formula is C29H33N5O. The topological polar surface area (TPSA) is 53.4 Å². The molecule has 1 aromatic heterocycles. The maximum Gasteiger partial charge on any atom is 0.270 e. The summed E-state index contributed by atoms with van der Waals surface area (Å²) in [7, 11) is 8.23. The van der Waals surface area contributed by atoms with E-state index in [-0.39, 0.29) is 5.91 Å². The highest BCUT2D eigenvalue weighted by Crippen LogP contribution is 2.45. The van der Waals surface area contributed by atoms with Crippen LogP contribution >= 0.6 is 0 Å². The third-order valence-corrected chi connectivity index (χ3v) is 7.06. The monoisotopic (exact) mass is 467 g/mol. The highest BCUT2D eigenvalue weighted by molar-refractivity contribution is 5.91. The van der Waals surface area contributed by atoms with Crippen LogP contribution in [0.5, 0.6) is 0 Å². The van der Waals surface area contributed by atoms with Gasteiger partial charge in [-0.15, -0.1) is 5.10 Å². The van der Waals surface area contributed by atoms with Crippen LogP contribution in [-0.4, -0.2) is 49.9 Å². The number of carbonyl (C=O) groups excluding carboxylic acids is 1. The van der Waals surface area contributed by atoms with Crippen molar-refractivity contribution in [3.05, 3.63) is 89.6 Å². The zero-order valence-electron chi connectivity index (χ0n) is 21.0. The van der Waals surface area contributed by atoms with Gasteiger partial charge in [-0.05, 0) is 54.3 Å². The Morgan fingerprint density at radius 3 is 2.17 bits per heavy atom. The lowest BCUT2D eigenvalue weighted by atomic mass is 9.68. The number of nitrogens with one attached hydrogen (secondary N) is 1. The van der Waals surface area contributed by atoms with Crippen molar-refractivity contribution in [3.63, 3.8) is 0 Å². The van der Waals surface area contributed by atoms with E-state index in [1.807, 2.05) is 0 Å². The highest BCUT2D eigenvalue weighted by atomic mass is 16.2. The van der Waals surface area contributed by atoms with Crippen molar-refractivity contribution >= 4 is 29.2 Å². The van der Waals surface area contributed by atoms with Crippen LogP contribution in [0.2, 0.25) is 0 Å². The van der Waals surface area contributed by atoms with E-state index in [0.717, 1.165) is 41.3 Å². The Hall–Kier alpha value is -3.80. The molecule has 2 aliphatic carbocycles. The lowest BCUT2D eigenvalue weighted by molar-refractivity contribution is 0.0950. The first kappa shape index (κ1) is 23.0. The fourth-order valence-corrected chi connectivity index (χ4v) is 4.84. The van der Waals surface area contributed by atoms with Crippen molar-refractivity contribution in [2.75, 3.05) is 43.3 Å². The van der Waals surface area contributed by atoms with Crippen LogP contribution in [0.25, 0.3) is 6.08 Å². The second-order valence-corrected chi connectivity index (χ2v) is 9.95. The van der Waals surface area contributed by atoms with Crippen LogP contribution in [0, 0.1) is 0 Å². The van der Waals surface area contributed by atoms with E-state index in [4.69, 9.17) is 5.10 Å². The molecular weight excluding hydrogens is 434 g/mol. The van der Waals surface area contributed by atoms with Gasteiger partial charge in [0.15, 0.2) is 5.82 Å². The lowest BCUT2D eigenvalue weighted by Crippen LogP contribution is -2.33. The Labute approximate surface area is 207 Å². The number of allylic oxidation sites excluding steroid dienone is 2. The largest absolute Gasteiger partial charge is 0.378 e. The average Bonchev–Trinajstić information content (AvgIpc) is 3.63. The van der Waals surface area contributed by atoms with Gasteiger partial charge in [-0.2, -0.15) is 4.68 Å². The quantitative estimate of drug-likeness (QED) is 0.497.